The van der Waals surface area contributed by atoms with Gasteiger partial charge in [0, 0.05) is 51.4 Å². The maximum absolute atomic E-state index is 10.9. The largest absolute Gasteiger partial charge is 0.548 e. The Balaban J connectivity index is 0.000000161. The fourth-order valence-corrected chi connectivity index (χ4v) is 18.5. The van der Waals surface area contributed by atoms with Crippen LogP contribution in [-0.4, -0.2) is 177 Å². The summed E-state index contributed by atoms with van der Waals surface area (Å²) >= 11 is 0. The van der Waals surface area contributed by atoms with E-state index < -0.39 is 17.9 Å². The smallest absolute Gasteiger partial charge is 0.321 e. The first-order valence-electron chi connectivity index (χ1n) is 30.2. The average molecular weight is 1110 g/mol. The molecule has 7 saturated heterocycles. The number of hydrogen-bond acceptors (Lipinski definition) is 11. The van der Waals surface area contributed by atoms with Crippen LogP contribution in [0.3, 0.4) is 0 Å². The van der Waals surface area contributed by atoms with Gasteiger partial charge in [-0.3, -0.25) is 24.3 Å². The molecule has 0 aromatic heterocycles. The minimum Gasteiger partial charge on any atom is -0.548 e. The molecule has 7 aliphatic carbocycles. The molecule has 14 aliphatic rings. The van der Waals surface area contributed by atoms with Crippen LogP contribution >= 0.6 is 39.4 Å². The van der Waals surface area contributed by atoms with E-state index in [1.807, 2.05) is 35.8 Å². The number of aliphatic carboxylic acids is 3. The van der Waals surface area contributed by atoms with Crippen LogP contribution in [-0.2, 0) is 14.4 Å². The number of hydrogen-bond donors (Lipinski definition) is 4. The van der Waals surface area contributed by atoms with E-state index in [0.717, 1.165) is 98.3 Å². The van der Waals surface area contributed by atoms with Crippen molar-refractivity contribution in [3.05, 3.63) is 0 Å². The zero-order valence-electron chi connectivity index (χ0n) is 47.9. The Morgan fingerprint density at radius 3 is 1.16 bits per heavy atom. The van der Waals surface area contributed by atoms with Gasteiger partial charge in [0.25, 0.3) is 0 Å². The number of nitrogens with zero attached hydrogens (tertiary/aromatic N) is 5. The number of carboxylic acids is 3. The van der Waals surface area contributed by atoms with Crippen LogP contribution in [0, 0.1) is 82.9 Å². The molecule has 0 bridgehead atoms. The van der Waals surface area contributed by atoms with Gasteiger partial charge in [-0.25, -0.2) is 0 Å². The Morgan fingerprint density at radius 1 is 0.413 bits per heavy atom. The normalized spacial score (nSPS) is 42.4. The third-order valence-corrected chi connectivity index (χ3v) is 22.3. The SMILES string of the molecule is C1C[C@@H]2CNC[C@@H]2C1.CN1C[C@@H]2CCC[C@@H]2C1C(=O)O.CN1C[C@@H]2CCC[C@@H]2[C@H]1C(=O)O.CN1C[C@@H]2CCC[C@@H]2[C@H]1C(=O)[O-].CN1C[C@H]2CCC[C@H]2C1.C[C@@H]1[C@H]2CCC[C@H]2CN1C.C[C@H]1NC[C@@H]2CCC[C@@H]21.Cl.S.S. The van der Waals surface area contributed by atoms with E-state index in [1.165, 1.54) is 155 Å². The lowest BCUT2D eigenvalue weighted by Crippen LogP contribution is -2.45. The Labute approximate surface area is 475 Å². The van der Waals surface area contributed by atoms with E-state index in [4.69, 9.17) is 10.2 Å². The van der Waals surface area contributed by atoms with Crippen LogP contribution in [0.4, 0.5) is 0 Å². The molecule has 14 fully saturated rings. The van der Waals surface area contributed by atoms with Crippen molar-refractivity contribution in [1.29, 1.82) is 0 Å². The number of fused-ring (bicyclic) bond motifs is 7. The lowest BCUT2D eigenvalue weighted by molar-refractivity contribution is -0.311. The lowest BCUT2D eigenvalue weighted by atomic mass is 9.94. The predicted molar refractivity (Wildman–Crippen MR) is 313 cm³/mol. The van der Waals surface area contributed by atoms with Gasteiger partial charge in [-0.1, -0.05) is 44.9 Å². The first kappa shape index (κ1) is 64.9. The van der Waals surface area contributed by atoms with E-state index in [9.17, 15) is 19.5 Å². The zero-order valence-corrected chi connectivity index (χ0v) is 50.7. The first-order chi connectivity index (χ1) is 34.6. The van der Waals surface area contributed by atoms with Crippen LogP contribution in [0.1, 0.15) is 149 Å². The monoisotopic (exact) mass is 1110 g/mol. The maximum atomic E-state index is 10.9. The molecule has 14 rings (SSSR count). The molecular weight excluding hydrogens is 1000 g/mol. The van der Waals surface area contributed by atoms with Gasteiger partial charge in [-0.05, 0) is 241 Å². The van der Waals surface area contributed by atoms with Gasteiger partial charge in [0.1, 0.15) is 12.1 Å². The minimum atomic E-state index is -0.882. The summed E-state index contributed by atoms with van der Waals surface area (Å²) in [5.41, 5.74) is 0. The van der Waals surface area contributed by atoms with Gasteiger partial charge in [0.15, 0.2) is 0 Å². The van der Waals surface area contributed by atoms with E-state index in [2.05, 4.69) is 48.4 Å². The highest BCUT2D eigenvalue weighted by Gasteiger charge is 2.48. The van der Waals surface area contributed by atoms with Gasteiger partial charge in [0.2, 0.25) is 0 Å². The summed E-state index contributed by atoms with van der Waals surface area (Å²) in [7, 11) is 10.3. The Kier molecular flexibility index (Phi) is 26.2. The molecule has 0 amide bonds. The number of carboxylic acid groups (broad SMARTS) is 3. The molecule has 16 heteroatoms. The van der Waals surface area contributed by atoms with Crippen LogP contribution in [0.5, 0.6) is 0 Å². The highest BCUT2D eigenvalue weighted by atomic mass is 35.5. The summed E-state index contributed by atoms with van der Waals surface area (Å²) in [5.74, 6) is 9.51. The minimum absolute atomic E-state index is 0. The molecule has 0 spiro atoms. The number of nitrogens with one attached hydrogen (secondary N) is 2. The predicted octanol–water partition coefficient (Wildman–Crippen LogP) is 7.20. The quantitative estimate of drug-likeness (QED) is 0.226. The maximum Gasteiger partial charge on any atom is 0.321 e. The van der Waals surface area contributed by atoms with E-state index >= 15 is 0 Å². The molecule has 7 aliphatic heterocycles. The number of carbonyl (C=O) groups is 3. The molecule has 19 atom stereocenters. The summed E-state index contributed by atoms with van der Waals surface area (Å²) in [6, 6.07) is 0.984. The first-order valence-corrected chi connectivity index (χ1v) is 30.2. The number of likely N-dealkylation sites (N-methyl/N-ethyl adjacent to an activating group) is 3. The van der Waals surface area contributed by atoms with Crippen LogP contribution in [0.2, 0.25) is 0 Å². The van der Waals surface area contributed by atoms with Crippen LogP contribution in [0.15, 0.2) is 0 Å². The summed E-state index contributed by atoms with van der Waals surface area (Å²) < 4.78 is 0. The summed E-state index contributed by atoms with van der Waals surface area (Å²) in [6.45, 7) is 15.7. The number of halogens is 1. The van der Waals surface area contributed by atoms with Crippen molar-refractivity contribution in [3.8, 4) is 0 Å². The zero-order chi connectivity index (χ0) is 51.2. The Bertz CT molecular complexity index is 1620. The van der Waals surface area contributed by atoms with E-state index in [1.54, 1.807) is 0 Å². The average Bonchev–Trinajstić information content (AvgIpc) is 4.13. The molecule has 13 nitrogen and oxygen atoms in total. The second-order valence-corrected chi connectivity index (χ2v) is 26.6. The van der Waals surface area contributed by atoms with Gasteiger partial charge in [-0.2, -0.15) is 27.0 Å². The van der Waals surface area contributed by atoms with Crippen LogP contribution in [0.25, 0.3) is 0 Å². The molecule has 7 saturated carbocycles. The van der Waals surface area contributed by atoms with E-state index in [0.29, 0.717) is 35.5 Å². The third-order valence-electron chi connectivity index (χ3n) is 22.3. The number of rotatable bonds is 3. The third kappa shape index (κ3) is 16.0. The Morgan fingerprint density at radius 2 is 0.747 bits per heavy atom. The molecule has 0 aromatic rings. The summed E-state index contributed by atoms with van der Waals surface area (Å²) in [5, 5.41) is 35.7. The van der Waals surface area contributed by atoms with Gasteiger partial charge < -0.3 is 40.5 Å². The van der Waals surface area contributed by atoms with Crippen molar-refractivity contribution in [2.24, 2.45) is 82.9 Å². The number of likely N-dealkylation sites (tertiary alicyclic amines) is 5. The fraction of sp³-hybridized carbons (Fsp3) is 0.949. The van der Waals surface area contributed by atoms with Crippen molar-refractivity contribution in [2.75, 3.05) is 94.1 Å². The lowest BCUT2D eigenvalue weighted by Gasteiger charge is -2.24. The van der Waals surface area contributed by atoms with Crippen molar-refractivity contribution in [3.63, 3.8) is 0 Å². The van der Waals surface area contributed by atoms with E-state index in [-0.39, 0.29) is 57.5 Å². The van der Waals surface area contributed by atoms with Crippen molar-refractivity contribution in [1.82, 2.24) is 35.1 Å². The molecule has 7 heterocycles. The van der Waals surface area contributed by atoms with Crippen molar-refractivity contribution >= 4 is 57.3 Å². The summed E-state index contributed by atoms with van der Waals surface area (Å²) in [4.78, 5) is 43.6. The highest BCUT2D eigenvalue weighted by Crippen LogP contribution is 2.45. The van der Waals surface area contributed by atoms with Crippen molar-refractivity contribution in [2.45, 2.75) is 179 Å². The van der Waals surface area contributed by atoms with Gasteiger partial charge in [0.05, 0.1) is 12.0 Å². The van der Waals surface area contributed by atoms with Gasteiger partial charge in [-0.15, -0.1) is 12.4 Å². The second-order valence-electron chi connectivity index (χ2n) is 26.6. The highest BCUT2D eigenvalue weighted by molar-refractivity contribution is 7.59. The second kappa shape index (κ2) is 30.3. The van der Waals surface area contributed by atoms with Gasteiger partial charge >= 0.3 is 11.9 Å². The van der Waals surface area contributed by atoms with Crippen molar-refractivity contribution < 1.29 is 29.7 Å². The molecule has 1 unspecified atom stereocenters. The molecule has 0 aromatic carbocycles. The topological polar surface area (TPSA) is 155 Å². The molecule has 4 N–H and O–H groups in total. The number of carbonyl (C=O) groups excluding carboxylic acids is 1. The summed E-state index contributed by atoms with van der Waals surface area (Å²) in [6.07, 6.45) is 28.6. The molecule has 0 radical (unpaired) electrons. The fourth-order valence-electron chi connectivity index (χ4n) is 18.5. The molecule has 75 heavy (non-hydrogen) atoms. The van der Waals surface area contributed by atoms with Crippen LogP contribution < -0.4 is 15.7 Å². The Hall–Kier alpha value is -0.880. The standard InChI is InChI=1S/3C9H15NO2.C9H17N.2C8H15N.C7H13N.ClH.2H2S/c3*1-10-5-6-3-2-4-7(6)8(10)9(11)12;1-7-9-5-3-4-8(9)6-10(7)2;1-9-5-7-3-2-4-8(7)6-9;1-6-8-4-2-3-7(8)5-9-6;1-2-6-4-8-5-7(6)3-1;;;/h3*6-8H,2-5H2,1H3,(H,11,12);7-9H,3-6H2,1-2H3;7-8H,2-6H2,1H3;6-9H,2-5H2,1H3;6-8H,1-5H2;1H;2*1H2/p-1/t6-,7-,8?;2*6-,7-,8-;7-,8+,9-;7-,8+;6-,7+,8-;6-,7+;;;/m0001.1..../s1. The molecule has 436 valence electrons. The molecular formula is C59H109ClN7O6S2-.